The number of nitriles is 1. The van der Waals surface area contributed by atoms with Gasteiger partial charge in [-0.1, -0.05) is 140 Å². The van der Waals surface area contributed by atoms with Gasteiger partial charge >= 0.3 is 0 Å². The van der Waals surface area contributed by atoms with E-state index in [4.69, 9.17) is 5.26 Å². The van der Waals surface area contributed by atoms with Crippen LogP contribution in [0.15, 0.2) is 261 Å². The maximum absolute atomic E-state index is 13.6. The lowest BCUT2D eigenvalue weighted by atomic mass is 10.0. The topological polar surface area (TPSA) is 271 Å². The molecule has 15 aromatic rings. The van der Waals surface area contributed by atoms with Crippen LogP contribution in [0.4, 0.5) is 37.2 Å². The number of nitrogens with zero attached hydrogens (tertiary/aromatic N) is 3. The lowest BCUT2D eigenvalue weighted by Crippen LogP contribution is -2.12. The van der Waals surface area contributed by atoms with Crippen LogP contribution in [0.1, 0.15) is 247 Å². The van der Waals surface area contributed by atoms with Crippen LogP contribution < -0.4 is 26.6 Å². The van der Waals surface area contributed by atoms with Crippen LogP contribution >= 0.6 is 56.7 Å². The number of carbonyl (C=O) groups excluding carboxylic acids is 10. The third-order valence-corrected chi connectivity index (χ3v) is 31.6. The van der Waals surface area contributed by atoms with E-state index in [2.05, 4.69) is 113 Å². The minimum atomic E-state index is -0.567. The standard InChI is InChI=1S/C26H28N2O2S.C24H19FN2O2S.2C24H23NO2S.C22H19FN2O2S/c1-17-4-9-21(23(29)14-18-5-6-18)15-22(17)27-26(30)25-13-12-24(31-25)20-10-7-19(8-11-20)16-28(2)3;1-14-2-5-16(21(28)10-15-3-4-15)12-20(14)27-24(29)23-9-8-22(30-23)17-6-7-19(25)18(11-17)13-26;2*1-15-5-3-4-6-19(15)22-11-12-23(28-22)24(27)25-20-14-18(10-7-16(20)2)21(26)13-17-8-9-17;1-13-2-5-15(18(26)10-14-3-4-14)11-17(13)25-22(27)20-8-7-19(28-20)16-6-9-21(23)24-12-16/h4,7-13,15,18H,5-6,14,16H2,1-3H3,(H,27,30);2,5-9,11-12,15H,3-4,10H2,1H3,(H,27,29);2*3-7,10-12,14,17H,8-9,13H2,1-2H3,(H,25,27);2,5-9,11-12,14H,3-4,10H2,1H3,(H,25,27). The van der Waals surface area contributed by atoms with E-state index in [0.717, 1.165) is 145 Å². The quantitative estimate of drug-likeness (QED) is 0.0194. The normalized spacial score (nSPS) is 13.3. The molecule has 5 N–H and O–H groups in total. The molecule has 5 aliphatic rings. The highest BCUT2D eigenvalue weighted by molar-refractivity contribution is 7.19. The molecule has 0 unspecified atom stereocenters. The van der Waals surface area contributed by atoms with Crippen molar-refractivity contribution in [2.75, 3.05) is 40.7 Å². The number of carbonyl (C=O) groups is 10. The molecular formula is C120H112F2N8O10S5. The fraction of sp³-hybridized carbons (Fsp3) is 0.250. The molecule has 5 saturated carbocycles. The molecule has 25 heteroatoms. The van der Waals surface area contributed by atoms with Crippen LogP contribution in [0, 0.1) is 101 Å². The molecule has 6 heterocycles. The molecule has 145 heavy (non-hydrogen) atoms. The van der Waals surface area contributed by atoms with Crippen molar-refractivity contribution < 1.29 is 56.7 Å². The number of aromatic nitrogens is 1. The molecule has 5 fully saturated rings. The van der Waals surface area contributed by atoms with E-state index in [9.17, 15) is 56.7 Å². The highest BCUT2D eigenvalue weighted by atomic mass is 32.1. The van der Waals surface area contributed by atoms with E-state index >= 15 is 0 Å². The van der Waals surface area contributed by atoms with Gasteiger partial charge in [0.05, 0.1) is 29.9 Å². The molecule has 0 aliphatic heterocycles. The Hall–Kier alpha value is -14.4. The number of hydrogen-bond acceptors (Lipinski definition) is 18. The summed E-state index contributed by atoms with van der Waals surface area (Å²) in [6.07, 6.45) is 15.8. The molecule has 0 radical (unpaired) electrons. The van der Waals surface area contributed by atoms with Gasteiger partial charge in [-0.2, -0.15) is 9.65 Å². The van der Waals surface area contributed by atoms with E-state index in [0.29, 0.717) is 148 Å². The summed E-state index contributed by atoms with van der Waals surface area (Å²) in [6.45, 7) is 14.7. The van der Waals surface area contributed by atoms with Crippen LogP contribution in [-0.4, -0.2) is 82.4 Å². The Morgan fingerprint density at radius 2 is 0.593 bits per heavy atom. The number of rotatable bonds is 32. The van der Waals surface area contributed by atoms with Crippen molar-refractivity contribution in [2.24, 2.45) is 29.6 Å². The van der Waals surface area contributed by atoms with Crippen LogP contribution in [0.3, 0.4) is 0 Å². The second-order valence-electron chi connectivity index (χ2n) is 38.3. The number of pyridine rings is 1. The Kier molecular flexibility index (Phi) is 33.9. The molecule has 18 nitrogen and oxygen atoms in total. The number of amides is 5. The van der Waals surface area contributed by atoms with Gasteiger partial charge in [0.1, 0.15) is 11.9 Å². The molecule has 6 aromatic heterocycles. The van der Waals surface area contributed by atoms with Crippen molar-refractivity contribution in [3.05, 3.63) is 375 Å². The Bertz CT molecular complexity index is 7270. The van der Waals surface area contributed by atoms with Crippen LogP contribution in [-0.2, 0) is 6.54 Å². The predicted molar refractivity (Wildman–Crippen MR) is 582 cm³/mol. The molecule has 20 rings (SSSR count). The molecule has 0 atom stereocenters. The lowest BCUT2D eigenvalue weighted by Gasteiger charge is -2.10. The number of halogens is 2. The number of thiophene rings is 5. The monoisotopic (exact) mass is 2020 g/mol. The summed E-state index contributed by atoms with van der Waals surface area (Å²) in [6, 6.07) is 80.0. The molecule has 736 valence electrons. The summed E-state index contributed by atoms with van der Waals surface area (Å²) < 4.78 is 26.5. The number of nitrogens with one attached hydrogen (secondary N) is 5. The minimum absolute atomic E-state index is 0.0322. The van der Waals surface area contributed by atoms with Gasteiger partial charge in [-0.25, -0.2) is 9.37 Å². The molecule has 5 aliphatic carbocycles. The van der Waals surface area contributed by atoms with Crippen molar-refractivity contribution >= 4 is 144 Å². The van der Waals surface area contributed by atoms with Gasteiger partial charge in [-0.15, -0.1) is 56.7 Å². The maximum Gasteiger partial charge on any atom is 0.265 e. The number of hydrogen-bond donors (Lipinski definition) is 5. The first-order valence-electron chi connectivity index (χ1n) is 48.8. The predicted octanol–water partition coefficient (Wildman–Crippen LogP) is 30.0. The average molecular weight is 2020 g/mol. The Balaban J connectivity index is 0.000000130. The van der Waals surface area contributed by atoms with E-state index < -0.39 is 11.8 Å². The lowest BCUT2D eigenvalue weighted by molar-refractivity contribution is 0.0968. The highest BCUT2D eigenvalue weighted by Gasteiger charge is 2.31. The van der Waals surface area contributed by atoms with Crippen LogP contribution in [0.25, 0.3) is 52.2 Å². The molecule has 5 amide bonds. The summed E-state index contributed by atoms with van der Waals surface area (Å²) in [4.78, 5) is 139. The Morgan fingerprint density at radius 1 is 0.317 bits per heavy atom. The largest absolute Gasteiger partial charge is 0.321 e. The summed E-state index contributed by atoms with van der Waals surface area (Å²) in [5, 5.41) is 23.8. The minimum Gasteiger partial charge on any atom is -0.321 e. The third-order valence-electron chi connectivity index (χ3n) is 26.0. The first-order chi connectivity index (χ1) is 69.8. The van der Waals surface area contributed by atoms with E-state index in [1.165, 1.54) is 97.8 Å². The van der Waals surface area contributed by atoms with Gasteiger partial charge in [0.15, 0.2) is 28.9 Å². The number of benzene rings is 9. The van der Waals surface area contributed by atoms with Crippen molar-refractivity contribution in [3.8, 4) is 58.3 Å². The van der Waals surface area contributed by atoms with Gasteiger partial charge in [-0.3, -0.25) is 47.9 Å². The number of Topliss-reactive ketones (excluding diaryl/α,β-unsaturated/α-hetero) is 5. The van der Waals surface area contributed by atoms with Crippen LogP contribution in [0.2, 0.25) is 0 Å². The smallest absolute Gasteiger partial charge is 0.265 e. The van der Waals surface area contributed by atoms with Gasteiger partial charge in [0.2, 0.25) is 5.95 Å². The summed E-state index contributed by atoms with van der Waals surface area (Å²) >= 11 is 7.01. The SMILES string of the molecule is Cc1ccc(C(=O)CC2CC2)cc1NC(=O)c1ccc(-c2ccc(CN(C)C)cc2)s1.Cc1ccc(C(=O)CC2CC2)cc1NC(=O)c1ccc(-c2ccc(F)c(C#N)c2)s1.Cc1ccc(C(=O)CC2CC2)cc1NC(=O)c1ccc(-c2ccc(F)nc2)s1.Cc1ccc(C(=O)CC2CC2)cc1NC(=O)c1ccc(-c2ccccc2C)s1.Cc1ccc(C(=O)CC2CC2)cc1NC(=O)c1ccc(-c2ccccc2C)s1. The molecule has 0 spiro atoms. The van der Waals surface area contributed by atoms with Crippen molar-refractivity contribution in [1.29, 1.82) is 5.26 Å². The zero-order valence-electron chi connectivity index (χ0n) is 82.2. The third kappa shape index (κ3) is 28.6. The molecule has 0 bridgehead atoms. The number of ketones is 5. The fourth-order valence-electron chi connectivity index (χ4n) is 16.3. The Labute approximate surface area is 863 Å². The number of anilines is 5. The van der Waals surface area contributed by atoms with Crippen molar-refractivity contribution in [3.63, 3.8) is 0 Å². The van der Waals surface area contributed by atoms with Gasteiger partial charge in [-0.05, 0) is 338 Å². The van der Waals surface area contributed by atoms with E-state index in [-0.39, 0.29) is 64.0 Å². The van der Waals surface area contributed by atoms with Crippen LogP contribution in [0.5, 0.6) is 0 Å². The number of aryl methyl sites for hydroxylation is 7. The van der Waals surface area contributed by atoms with Crippen molar-refractivity contribution in [2.45, 2.75) is 151 Å². The zero-order valence-corrected chi connectivity index (χ0v) is 86.3. The average Bonchev–Trinajstić information content (AvgIpc) is 1.67. The van der Waals surface area contributed by atoms with Gasteiger partial charge in [0.25, 0.3) is 29.5 Å². The maximum atomic E-state index is 13.6. The van der Waals surface area contributed by atoms with E-state index in [1.54, 1.807) is 48.5 Å². The molecule has 9 aromatic carbocycles. The van der Waals surface area contributed by atoms with Crippen molar-refractivity contribution in [1.82, 2.24) is 9.88 Å². The fourth-order valence-corrected chi connectivity index (χ4v) is 20.9. The van der Waals surface area contributed by atoms with E-state index in [1.807, 2.05) is 180 Å². The molecule has 0 saturated heterocycles. The summed E-state index contributed by atoms with van der Waals surface area (Å²) in [5.41, 5.74) is 19.7. The second kappa shape index (κ2) is 47.4. The zero-order chi connectivity index (χ0) is 102. The molecular weight excluding hydrogens is 1910 g/mol. The summed E-state index contributed by atoms with van der Waals surface area (Å²) in [5.74, 6) is 1.38. The summed E-state index contributed by atoms with van der Waals surface area (Å²) in [7, 11) is 4.11. The first-order valence-corrected chi connectivity index (χ1v) is 52.9. The second-order valence-corrected chi connectivity index (χ2v) is 43.8. The highest BCUT2D eigenvalue weighted by Crippen LogP contribution is 2.42. The first kappa shape index (κ1) is 104. The van der Waals surface area contributed by atoms with Gasteiger partial charge < -0.3 is 31.5 Å². The Morgan fingerprint density at radius 3 is 0.876 bits per heavy atom. The van der Waals surface area contributed by atoms with Gasteiger partial charge in [0, 0.05) is 131 Å².